The molecule has 1 amide bonds. The van der Waals surface area contributed by atoms with E-state index in [2.05, 4.69) is 4.74 Å². The number of Topliss-reactive ketones (excluding diaryl/α,β-unsaturated/α-hetero) is 1. The Morgan fingerprint density at radius 3 is 2.22 bits per heavy atom. The van der Waals surface area contributed by atoms with E-state index in [0.29, 0.717) is 0 Å². The second-order valence-corrected chi connectivity index (χ2v) is 5.36. The lowest BCUT2D eigenvalue weighted by molar-refractivity contribution is -0.158. The van der Waals surface area contributed by atoms with Crippen molar-refractivity contribution in [3.63, 3.8) is 0 Å². The molecule has 1 fully saturated rings. The van der Waals surface area contributed by atoms with Crippen molar-refractivity contribution in [1.82, 2.24) is 4.90 Å². The highest BCUT2D eigenvalue weighted by molar-refractivity contribution is 6.35. The Bertz CT molecular complexity index is 371. The number of amides is 1. The minimum Gasteiger partial charge on any atom is -0.467 e. The van der Waals surface area contributed by atoms with Crippen molar-refractivity contribution in [3.8, 4) is 0 Å². The Hall–Kier alpha value is -1.43. The molecule has 102 valence electrons. The van der Waals surface area contributed by atoms with Crippen LogP contribution in [0.3, 0.4) is 0 Å². The van der Waals surface area contributed by atoms with Crippen LogP contribution in [0.1, 0.15) is 27.7 Å². The average Bonchev–Trinajstić information content (AvgIpc) is 2.70. The Morgan fingerprint density at radius 2 is 1.83 bits per heavy atom. The van der Waals surface area contributed by atoms with Gasteiger partial charge in [0, 0.05) is 12.3 Å². The first-order valence-corrected chi connectivity index (χ1v) is 5.72. The van der Waals surface area contributed by atoms with Crippen LogP contribution in [-0.4, -0.2) is 48.5 Å². The summed E-state index contributed by atoms with van der Waals surface area (Å²) in [7, 11) is 1.24. The van der Waals surface area contributed by atoms with Gasteiger partial charge in [-0.25, -0.2) is 4.79 Å². The van der Waals surface area contributed by atoms with E-state index in [1.54, 1.807) is 0 Å². The zero-order chi connectivity index (χ0) is 14.1. The van der Waals surface area contributed by atoms with Gasteiger partial charge < -0.3 is 9.47 Å². The van der Waals surface area contributed by atoms with Crippen molar-refractivity contribution in [2.24, 2.45) is 5.41 Å². The van der Waals surface area contributed by atoms with Crippen molar-refractivity contribution in [2.45, 2.75) is 40.0 Å². The van der Waals surface area contributed by atoms with E-state index in [1.807, 2.05) is 20.8 Å². The number of hydrogen-bond acceptors (Lipinski definition) is 5. The summed E-state index contributed by atoms with van der Waals surface area (Å²) >= 11 is 0. The highest BCUT2D eigenvalue weighted by Gasteiger charge is 2.48. The number of ether oxygens (including phenoxy) is 2. The summed E-state index contributed by atoms with van der Waals surface area (Å²) < 4.78 is 10.1. The fourth-order valence-electron chi connectivity index (χ4n) is 1.92. The second kappa shape index (κ2) is 5.06. The van der Waals surface area contributed by atoms with Crippen molar-refractivity contribution in [1.29, 1.82) is 0 Å². The number of carbonyl (C=O) groups is 3. The molecule has 2 atom stereocenters. The number of carbonyl (C=O) groups excluding carboxylic acids is 3. The van der Waals surface area contributed by atoms with Gasteiger partial charge >= 0.3 is 5.97 Å². The lowest BCUT2D eigenvalue weighted by atomic mass is 9.93. The van der Waals surface area contributed by atoms with Crippen LogP contribution in [0, 0.1) is 5.41 Å². The third-order valence-corrected chi connectivity index (χ3v) is 2.75. The number of ketones is 1. The summed E-state index contributed by atoms with van der Waals surface area (Å²) in [5.41, 5.74) is -0.395. The van der Waals surface area contributed by atoms with E-state index in [1.165, 1.54) is 18.9 Å². The van der Waals surface area contributed by atoms with Crippen LogP contribution in [0.5, 0.6) is 0 Å². The number of esters is 1. The van der Waals surface area contributed by atoms with Gasteiger partial charge in [-0.1, -0.05) is 20.8 Å². The van der Waals surface area contributed by atoms with Crippen molar-refractivity contribution < 1.29 is 23.9 Å². The smallest absolute Gasteiger partial charge is 0.331 e. The third kappa shape index (κ3) is 2.69. The molecule has 1 rings (SSSR count). The molecular weight excluding hydrogens is 238 g/mol. The molecule has 0 aromatic heterocycles. The maximum atomic E-state index is 11.9. The van der Waals surface area contributed by atoms with Crippen LogP contribution in [0.15, 0.2) is 0 Å². The topological polar surface area (TPSA) is 72.9 Å². The van der Waals surface area contributed by atoms with Crippen molar-refractivity contribution in [3.05, 3.63) is 0 Å². The normalized spacial score (nSPS) is 23.9. The lowest BCUT2D eigenvalue weighted by Crippen LogP contribution is -2.52. The fraction of sp³-hybridized carbons (Fsp3) is 0.750. The zero-order valence-corrected chi connectivity index (χ0v) is 11.4. The predicted molar refractivity (Wildman–Crippen MR) is 62.5 cm³/mol. The van der Waals surface area contributed by atoms with E-state index in [4.69, 9.17) is 4.74 Å². The summed E-state index contributed by atoms with van der Waals surface area (Å²) in [5.74, 6) is -1.91. The highest BCUT2D eigenvalue weighted by Crippen LogP contribution is 2.32. The lowest BCUT2D eigenvalue weighted by Gasteiger charge is -2.34. The molecule has 0 radical (unpaired) electrons. The van der Waals surface area contributed by atoms with Gasteiger partial charge in [0.15, 0.2) is 6.04 Å². The fourth-order valence-corrected chi connectivity index (χ4v) is 1.92. The quantitative estimate of drug-likeness (QED) is 0.527. The first kappa shape index (κ1) is 14.6. The maximum absolute atomic E-state index is 11.9. The van der Waals surface area contributed by atoms with Gasteiger partial charge in [0.25, 0.3) is 5.91 Å². The van der Waals surface area contributed by atoms with E-state index < -0.39 is 35.3 Å². The number of methoxy groups -OCH3 is 1. The Morgan fingerprint density at radius 1 is 1.28 bits per heavy atom. The molecule has 1 heterocycles. The Labute approximate surface area is 106 Å². The summed E-state index contributed by atoms with van der Waals surface area (Å²) in [5, 5.41) is 0. The van der Waals surface area contributed by atoms with E-state index in [-0.39, 0.29) is 6.61 Å². The van der Waals surface area contributed by atoms with Crippen LogP contribution < -0.4 is 0 Å². The van der Waals surface area contributed by atoms with Gasteiger partial charge in [-0.2, -0.15) is 0 Å². The Kier molecular flexibility index (Phi) is 4.11. The van der Waals surface area contributed by atoms with Crippen molar-refractivity contribution in [2.75, 3.05) is 13.7 Å². The predicted octanol–water partition coefficient (Wildman–Crippen LogP) is 0.348. The third-order valence-electron chi connectivity index (χ3n) is 2.75. The molecule has 0 spiro atoms. The van der Waals surface area contributed by atoms with Crippen LogP contribution in [0.2, 0.25) is 0 Å². The van der Waals surface area contributed by atoms with Crippen LogP contribution in [0.4, 0.5) is 0 Å². The second-order valence-electron chi connectivity index (χ2n) is 5.36. The first-order chi connectivity index (χ1) is 8.20. The summed E-state index contributed by atoms with van der Waals surface area (Å²) in [6, 6.07) is -0.851. The van der Waals surface area contributed by atoms with E-state index >= 15 is 0 Å². The van der Waals surface area contributed by atoms with Crippen LogP contribution >= 0.6 is 0 Å². The largest absolute Gasteiger partial charge is 0.467 e. The minimum absolute atomic E-state index is 0.0492. The molecule has 0 aromatic carbocycles. The molecule has 6 heteroatoms. The molecule has 1 saturated heterocycles. The molecule has 18 heavy (non-hydrogen) atoms. The zero-order valence-electron chi connectivity index (χ0n) is 11.4. The molecule has 0 bridgehead atoms. The van der Waals surface area contributed by atoms with Gasteiger partial charge in [-0.15, -0.1) is 0 Å². The van der Waals surface area contributed by atoms with Crippen LogP contribution in [0.25, 0.3) is 0 Å². The number of rotatable bonds is 2. The van der Waals surface area contributed by atoms with Gasteiger partial charge in [0.2, 0.25) is 5.78 Å². The number of hydrogen-bond donors (Lipinski definition) is 0. The molecule has 0 aliphatic carbocycles. The van der Waals surface area contributed by atoms with Gasteiger partial charge in [-0.3, -0.25) is 14.5 Å². The molecule has 0 saturated carbocycles. The minimum atomic E-state index is -0.851. The van der Waals surface area contributed by atoms with Gasteiger partial charge in [0.1, 0.15) is 6.23 Å². The Balaban J connectivity index is 3.08. The summed E-state index contributed by atoms with van der Waals surface area (Å²) in [4.78, 5) is 36.0. The molecule has 1 aliphatic rings. The van der Waals surface area contributed by atoms with E-state index in [9.17, 15) is 14.4 Å². The van der Waals surface area contributed by atoms with Crippen LogP contribution in [-0.2, 0) is 23.9 Å². The van der Waals surface area contributed by atoms with Gasteiger partial charge in [-0.05, 0) is 0 Å². The highest BCUT2D eigenvalue weighted by atomic mass is 16.5. The number of nitrogens with zero attached hydrogens (tertiary/aromatic N) is 1. The maximum Gasteiger partial charge on any atom is 0.331 e. The first-order valence-electron chi connectivity index (χ1n) is 5.72. The van der Waals surface area contributed by atoms with Gasteiger partial charge in [0.05, 0.1) is 13.7 Å². The molecule has 0 N–H and O–H groups in total. The SMILES string of the molecule is COC(=O)[C@@H]1CO[C@H](C(C)(C)C)N1C(=O)C(C)=O. The monoisotopic (exact) mass is 257 g/mol. The molecular formula is C12H19NO5. The standard InChI is InChI=1S/C12H19NO5/c1-7(14)9(15)13-8(10(16)17-5)6-18-11(13)12(2,3)4/h8,11H,6H2,1-5H3/t8-,11+/m0/s1. The molecule has 6 nitrogen and oxygen atoms in total. The molecule has 0 aromatic rings. The summed E-state index contributed by atoms with van der Waals surface area (Å²) in [6.45, 7) is 6.84. The average molecular weight is 257 g/mol. The molecule has 0 unspecified atom stereocenters. The summed E-state index contributed by atoms with van der Waals surface area (Å²) in [6.07, 6.45) is -0.613. The molecule has 1 aliphatic heterocycles. The van der Waals surface area contributed by atoms with Crippen molar-refractivity contribution >= 4 is 17.7 Å². The van der Waals surface area contributed by atoms with E-state index in [0.717, 1.165) is 0 Å².